The van der Waals surface area contributed by atoms with Crippen LogP contribution in [0, 0.1) is 10.1 Å². The fourth-order valence-electron chi connectivity index (χ4n) is 3.35. The molecule has 0 saturated carbocycles. The lowest BCUT2D eigenvalue weighted by Crippen LogP contribution is -2.43. The fraction of sp³-hybridized carbons (Fsp3) is 0.381. The molecule has 13 heteroatoms. The van der Waals surface area contributed by atoms with Crippen molar-refractivity contribution in [1.82, 2.24) is 4.90 Å². The molecular formula is C21H26N4O7S2. The summed E-state index contributed by atoms with van der Waals surface area (Å²) in [5.74, 6) is 1.04. The van der Waals surface area contributed by atoms with E-state index in [9.17, 15) is 23.3 Å². The van der Waals surface area contributed by atoms with E-state index in [0.29, 0.717) is 37.8 Å². The lowest BCUT2D eigenvalue weighted by molar-refractivity contribution is -0.384. The van der Waals surface area contributed by atoms with Gasteiger partial charge in [0.05, 0.1) is 30.1 Å². The number of ether oxygens (including phenoxy) is 2. The number of amides is 1. The molecule has 3 rings (SSSR count). The van der Waals surface area contributed by atoms with Crippen molar-refractivity contribution < 1.29 is 27.6 Å². The number of nitrogens with one attached hydrogen (secondary N) is 1. The van der Waals surface area contributed by atoms with Gasteiger partial charge in [-0.15, -0.1) is 11.8 Å². The maximum atomic E-state index is 12.9. The number of hydrogen-bond acceptors (Lipinski definition) is 9. The highest BCUT2D eigenvalue weighted by Gasteiger charge is 2.25. The topological polar surface area (TPSA) is 154 Å². The zero-order valence-electron chi connectivity index (χ0n) is 18.5. The normalized spacial score (nSPS) is 14.9. The minimum atomic E-state index is -4.11. The van der Waals surface area contributed by atoms with E-state index in [1.165, 1.54) is 23.9 Å². The highest BCUT2D eigenvalue weighted by Crippen LogP contribution is 2.30. The molecule has 2 aromatic carbocycles. The van der Waals surface area contributed by atoms with Gasteiger partial charge in [0.1, 0.15) is 11.4 Å². The Labute approximate surface area is 201 Å². The Hall–Kier alpha value is -2.87. The molecule has 0 aliphatic carbocycles. The molecule has 1 aliphatic rings. The zero-order valence-corrected chi connectivity index (χ0v) is 20.1. The molecule has 1 atom stereocenters. The number of rotatable bonds is 10. The average molecular weight is 511 g/mol. The summed E-state index contributed by atoms with van der Waals surface area (Å²) in [7, 11) is -2.53. The second kappa shape index (κ2) is 11.5. The lowest BCUT2D eigenvalue weighted by Gasteiger charge is -2.29. The summed E-state index contributed by atoms with van der Waals surface area (Å²) in [5, 5.41) is 19.8. The number of hydrogen-bond donors (Lipinski definition) is 2. The number of nitro benzene ring substituents is 1. The number of nitro groups is 1. The molecule has 34 heavy (non-hydrogen) atoms. The molecule has 0 bridgehead atoms. The van der Waals surface area contributed by atoms with Gasteiger partial charge in [0.25, 0.3) is 5.69 Å². The summed E-state index contributed by atoms with van der Waals surface area (Å²) in [6.45, 7) is 1.90. The third kappa shape index (κ3) is 7.06. The number of carbonyl (C=O) groups excluding carboxylic acids is 1. The number of nitrogens with two attached hydrogens (primary N) is 1. The molecule has 1 aliphatic heterocycles. The van der Waals surface area contributed by atoms with Gasteiger partial charge < -0.3 is 19.7 Å². The van der Waals surface area contributed by atoms with Gasteiger partial charge in [-0.05, 0) is 36.4 Å². The number of thioether (sulfide) groups is 1. The van der Waals surface area contributed by atoms with Gasteiger partial charge in [-0.1, -0.05) is 0 Å². The van der Waals surface area contributed by atoms with E-state index in [4.69, 9.17) is 14.6 Å². The number of nitrogens with zero attached hydrogens (tertiary/aromatic N) is 2. The Balaban J connectivity index is 1.81. The number of morpholine rings is 1. The molecule has 1 fully saturated rings. The molecule has 1 saturated heterocycles. The van der Waals surface area contributed by atoms with Gasteiger partial charge in [-0.2, -0.15) is 0 Å². The van der Waals surface area contributed by atoms with Crippen molar-refractivity contribution in [3.05, 3.63) is 52.6 Å². The van der Waals surface area contributed by atoms with E-state index in [0.717, 1.165) is 11.0 Å². The van der Waals surface area contributed by atoms with E-state index < -0.39 is 26.7 Å². The standard InChI is InChI=1S/C21H26N4O7S2/c1-31-16-2-4-17(5-3-16)33-14-15(12-21(26)24-8-10-32-11-9-24)23-19-7-6-18(34(22,29)30)13-20(19)25(27)28/h2-7,13,15,23H,8-12,14H2,1H3,(H2,22,29,30)/t15-/m1/s1. The van der Waals surface area contributed by atoms with Crippen LogP contribution < -0.4 is 15.2 Å². The van der Waals surface area contributed by atoms with Crippen molar-refractivity contribution >= 4 is 39.1 Å². The van der Waals surface area contributed by atoms with Crippen LogP contribution in [-0.4, -0.2) is 69.4 Å². The van der Waals surface area contributed by atoms with Crippen LogP contribution in [0.15, 0.2) is 52.3 Å². The Bertz CT molecular complexity index is 1120. The fourth-order valence-corrected chi connectivity index (χ4v) is 4.81. The summed E-state index contributed by atoms with van der Waals surface area (Å²) in [6.07, 6.45) is 0.0945. The van der Waals surface area contributed by atoms with Crippen LogP contribution in [0.25, 0.3) is 0 Å². The summed E-state index contributed by atoms with van der Waals surface area (Å²) in [4.78, 5) is 26.1. The molecule has 0 radical (unpaired) electrons. The highest BCUT2D eigenvalue weighted by atomic mass is 32.2. The Morgan fingerprint density at radius 3 is 2.53 bits per heavy atom. The van der Waals surface area contributed by atoms with E-state index in [-0.39, 0.29) is 22.9 Å². The molecule has 0 aromatic heterocycles. The third-order valence-electron chi connectivity index (χ3n) is 5.15. The molecule has 0 spiro atoms. The average Bonchev–Trinajstić information content (AvgIpc) is 2.82. The van der Waals surface area contributed by atoms with E-state index in [1.807, 2.05) is 24.3 Å². The molecule has 1 heterocycles. The predicted molar refractivity (Wildman–Crippen MR) is 128 cm³/mol. The number of primary sulfonamides is 1. The third-order valence-corrected chi connectivity index (χ3v) is 7.24. The van der Waals surface area contributed by atoms with Gasteiger partial charge >= 0.3 is 0 Å². The van der Waals surface area contributed by atoms with E-state index >= 15 is 0 Å². The molecule has 3 N–H and O–H groups in total. The number of sulfonamides is 1. The van der Waals surface area contributed by atoms with Crippen molar-refractivity contribution in [1.29, 1.82) is 0 Å². The van der Waals surface area contributed by atoms with Crippen molar-refractivity contribution in [2.75, 3.05) is 44.5 Å². The van der Waals surface area contributed by atoms with Crippen LogP contribution in [0.3, 0.4) is 0 Å². The molecule has 1 amide bonds. The maximum Gasteiger partial charge on any atom is 0.293 e. The minimum Gasteiger partial charge on any atom is -0.497 e. The molecule has 0 unspecified atom stereocenters. The smallest absolute Gasteiger partial charge is 0.293 e. The van der Waals surface area contributed by atoms with Crippen LogP contribution >= 0.6 is 11.8 Å². The Kier molecular flexibility index (Phi) is 8.72. The minimum absolute atomic E-state index is 0.0945. The van der Waals surface area contributed by atoms with Gasteiger partial charge in [0, 0.05) is 42.3 Å². The second-order valence-corrected chi connectivity index (χ2v) is 10.2. The van der Waals surface area contributed by atoms with Crippen molar-refractivity contribution in [2.24, 2.45) is 5.14 Å². The molecule has 2 aromatic rings. The molecular weight excluding hydrogens is 484 g/mol. The van der Waals surface area contributed by atoms with Gasteiger partial charge in [-0.25, -0.2) is 13.6 Å². The van der Waals surface area contributed by atoms with Gasteiger partial charge in [0.15, 0.2) is 0 Å². The molecule has 11 nitrogen and oxygen atoms in total. The monoisotopic (exact) mass is 510 g/mol. The summed E-state index contributed by atoms with van der Waals surface area (Å²) in [6, 6.07) is 10.3. The summed E-state index contributed by atoms with van der Waals surface area (Å²) >= 11 is 1.48. The van der Waals surface area contributed by atoms with E-state index in [2.05, 4.69) is 5.32 Å². The largest absolute Gasteiger partial charge is 0.497 e. The first-order chi connectivity index (χ1) is 16.2. The highest BCUT2D eigenvalue weighted by molar-refractivity contribution is 7.99. The number of methoxy groups -OCH3 is 1. The van der Waals surface area contributed by atoms with Crippen LogP contribution in [0.2, 0.25) is 0 Å². The van der Waals surface area contributed by atoms with E-state index in [1.54, 1.807) is 12.0 Å². The lowest BCUT2D eigenvalue weighted by atomic mass is 10.1. The number of carbonyl (C=O) groups is 1. The summed E-state index contributed by atoms with van der Waals surface area (Å²) < 4.78 is 33.7. The van der Waals surface area contributed by atoms with Crippen LogP contribution in [0.4, 0.5) is 11.4 Å². The Morgan fingerprint density at radius 2 is 1.94 bits per heavy atom. The maximum absolute atomic E-state index is 12.9. The van der Waals surface area contributed by atoms with Crippen molar-refractivity contribution in [3.8, 4) is 5.75 Å². The summed E-state index contributed by atoms with van der Waals surface area (Å²) in [5.41, 5.74) is -0.336. The number of anilines is 1. The number of benzene rings is 2. The quantitative estimate of drug-likeness (QED) is 0.278. The van der Waals surface area contributed by atoms with Crippen LogP contribution in [0.1, 0.15) is 6.42 Å². The molecule has 184 valence electrons. The first kappa shape index (κ1) is 25.7. The van der Waals surface area contributed by atoms with Crippen LogP contribution in [-0.2, 0) is 19.6 Å². The van der Waals surface area contributed by atoms with Gasteiger partial charge in [-0.3, -0.25) is 14.9 Å². The van der Waals surface area contributed by atoms with Crippen LogP contribution in [0.5, 0.6) is 5.75 Å². The second-order valence-electron chi connectivity index (χ2n) is 7.51. The first-order valence-corrected chi connectivity index (χ1v) is 12.9. The van der Waals surface area contributed by atoms with Crippen molar-refractivity contribution in [2.45, 2.75) is 22.3 Å². The van der Waals surface area contributed by atoms with Crippen molar-refractivity contribution in [3.63, 3.8) is 0 Å². The predicted octanol–water partition coefficient (Wildman–Crippen LogP) is 2.07. The Morgan fingerprint density at radius 1 is 1.26 bits per heavy atom. The zero-order chi connectivity index (χ0) is 24.7. The SMILES string of the molecule is COc1ccc(SC[C@@H](CC(=O)N2CCOCC2)Nc2ccc(S(N)(=O)=O)cc2[N+](=O)[O-])cc1. The van der Waals surface area contributed by atoms with Gasteiger partial charge in [0.2, 0.25) is 15.9 Å². The first-order valence-electron chi connectivity index (χ1n) is 10.4.